The lowest BCUT2D eigenvalue weighted by Gasteiger charge is -2.20. The molecule has 0 aliphatic carbocycles. The zero-order chi connectivity index (χ0) is 14.5. The van der Waals surface area contributed by atoms with Gasteiger partial charge in [0.15, 0.2) is 0 Å². The lowest BCUT2D eigenvalue weighted by atomic mass is 10.1. The number of rotatable bonds is 3. The topological polar surface area (TPSA) is 23.6 Å². The number of hydrogen-bond acceptors (Lipinski definition) is 2. The summed E-state index contributed by atoms with van der Waals surface area (Å²) in [5.74, 6) is 0.213. The molecule has 0 aromatic heterocycles. The maximum atomic E-state index is 12.5. The van der Waals surface area contributed by atoms with Gasteiger partial charge in [-0.15, -0.1) is 0 Å². The molecule has 0 bridgehead atoms. The summed E-state index contributed by atoms with van der Waals surface area (Å²) in [5.41, 5.74) is 2.17. The van der Waals surface area contributed by atoms with Crippen molar-refractivity contribution in [1.29, 1.82) is 0 Å². The maximum absolute atomic E-state index is 12.5. The highest BCUT2D eigenvalue weighted by molar-refractivity contribution is 5.94. The quantitative estimate of drug-likeness (QED) is 0.851. The van der Waals surface area contributed by atoms with E-state index in [-0.39, 0.29) is 5.91 Å². The fourth-order valence-electron chi connectivity index (χ4n) is 3.41. The molecule has 2 aliphatic heterocycles. The van der Waals surface area contributed by atoms with Gasteiger partial charge in [0.1, 0.15) is 0 Å². The van der Waals surface area contributed by atoms with E-state index in [1.165, 1.54) is 44.3 Å². The summed E-state index contributed by atoms with van der Waals surface area (Å²) < 4.78 is 0. The number of carbonyl (C=O) groups excluding carboxylic acids is 1. The maximum Gasteiger partial charge on any atom is 0.253 e. The van der Waals surface area contributed by atoms with Crippen LogP contribution in [0.15, 0.2) is 24.3 Å². The van der Waals surface area contributed by atoms with E-state index in [0.29, 0.717) is 0 Å². The van der Waals surface area contributed by atoms with Gasteiger partial charge in [-0.05, 0) is 56.5 Å². The molecule has 3 nitrogen and oxygen atoms in total. The van der Waals surface area contributed by atoms with E-state index in [0.717, 1.165) is 38.0 Å². The zero-order valence-corrected chi connectivity index (χ0v) is 12.9. The highest BCUT2D eigenvalue weighted by Gasteiger charge is 2.17. The van der Waals surface area contributed by atoms with Crippen LogP contribution in [0.2, 0.25) is 0 Å². The molecule has 1 aromatic carbocycles. The van der Waals surface area contributed by atoms with Gasteiger partial charge in [0.2, 0.25) is 0 Å². The van der Waals surface area contributed by atoms with Crippen molar-refractivity contribution >= 4 is 5.91 Å². The summed E-state index contributed by atoms with van der Waals surface area (Å²) in [5, 5.41) is 0. The van der Waals surface area contributed by atoms with Crippen LogP contribution < -0.4 is 0 Å². The number of nitrogens with zero attached hydrogens (tertiary/aromatic N) is 2. The molecule has 2 saturated heterocycles. The van der Waals surface area contributed by atoms with Crippen molar-refractivity contribution in [2.45, 2.75) is 45.1 Å². The molecule has 2 aliphatic rings. The summed E-state index contributed by atoms with van der Waals surface area (Å²) in [7, 11) is 0. The van der Waals surface area contributed by atoms with Gasteiger partial charge in [-0.2, -0.15) is 0 Å². The van der Waals surface area contributed by atoms with E-state index >= 15 is 0 Å². The largest absolute Gasteiger partial charge is 0.339 e. The van der Waals surface area contributed by atoms with Crippen molar-refractivity contribution in [3.8, 4) is 0 Å². The van der Waals surface area contributed by atoms with Gasteiger partial charge < -0.3 is 4.90 Å². The number of benzene rings is 1. The van der Waals surface area contributed by atoms with Crippen LogP contribution in [-0.2, 0) is 6.54 Å². The average molecular weight is 286 g/mol. The van der Waals surface area contributed by atoms with Crippen LogP contribution in [0, 0.1) is 0 Å². The predicted octanol–water partition coefficient (Wildman–Crippen LogP) is 3.30. The number of hydrogen-bond donors (Lipinski definition) is 0. The first-order chi connectivity index (χ1) is 10.3. The molecular weight excluding hydrogens is 260 g/mol. The van der Waals surface area contributed by atoms with Crippen LogP contribution in [0.4, 0.5) is 0 Å². The minimum absolute atomic E-state index is 0.213. The first kappa shape index (κ1) is 14.6. The summed E-state index contributed by atoms with van der Waals surface area (Å²) in [6.45, 7) is 5.31. The zero-order valence-electron chi connectivity index (χ0n) is 12.9. The summed E-state index contributed by atoms with van der Waals surface area (Å²) in [6.07, 6.45) is 7.48. The smallest absolute Gasteiger partial charge is 0.253 e. The Labute approximate surface area is 127 Å². The van der Waals surface area contributed by atoms with Crippen LogP contribution in [0.25, 0.3) is 0 Å². The summed E-state index contributed by atoms with van der Waals surface area (Å²) in [6, 6.07) is 8.28. The third-order valence-electron chi connectivity index (χ3n) is 4.70. The highest BCUT2D eigenvalue weighted by Crippen LogP contribution is 2.16. The summed E-state index contributed by atoms with van der Waals surface area (Å²) >= 11 is 0. The minimum Gasteiger partial charge on any atom is -0.339 e. The Kier molecular flexibility index (Phi) is 4.91. The van der Waals surface area contributed by atoms with Gasteiger partial charge >= 0.3 is 0 Å². The molecule has 3 heteroatoms. The van der Waals surface area contributed by atoms with Crippen molar-refractivity contribution in [3.05, 3.63) is 35.4 Å². The van der Waals surface area contributed by atoms with Gasteiger partial charge in [0, 0.05) is 25.2 Å². The van der Waals surface area contributed by atoms with E-state index in [1.54, 1.807) is 0 Å². The van der Waals surface area contributed by atoms with Crippen molar-refractivity contribution in [1.82, 2.24) is 9.80 Å². The van der Waals surface area contributed by atoms with Crippen molar-refractivity contribution in [3.63, 3.8) is 0 Å². The molecule has 0 atom stereocenters. The minimum atomic E-state index is 0.213. The molecule has 0 radical (unpaired) electrons. The fraction of sp³-hybridized carbons (Fsp3) is 0.611. The van der Waals surface area contributed by atoms with Gasteiger partial charge in [0.05, 0.1) is 0 Å². The van der Waals surface area contributed by atoms with Crippen molar-refractivity contribution < 1.29 is 4.79 Å². The third-order valence-corrected chi connectivity index (χ3v) is 4.70. The van der Waals surface area contributed by atoms with E-state index < -0.39 is 0 Å². The monoisotopic (exact) mass is 286 g/mol. The molecule has 2 heterocycles. The Morgan fingerprint density at radius 1 is 0.810 bits per heavy atom. The van der Waals surface area contributed by atoms with E-state index in [9.17, 15) is 4.79 Å². The van der Waals surface area contributed by atoms with Crippen LogP contribution >= 0.6 is 0 Å². The molecule has 1 aromatic rings. The van der Waals surface area contributed by atoms with Crippen LogP contribution in [0.1, 0.15) is 54.4 Å². The number of carbonyl (C=O) groups is 1. The Bertz CT molecular complexity index is 455. The molecule has 0 saturated carbocycles. The third kappa shape index (κ3) is 3.85. The Balaban J connectivity index is 1.61. The number of likely N-dealkylation sites (tertiary alicyclic amines) is 2. The predicted molar refractivity (Wildman–Crippen MR) is 85.3 cm³/mol. The second-order valence-electron chi connectivity index (χ2n) is 6.39. The second-order valence-corrected chi connectivity index (χ2v) is 6.39. The Morgan fingerprint density at radius 2 is 1.38 bits per heavy atom. The standard InChI is InChI=1S/C18H26N2O/c21-18(20-13-3-1-2-4-14-20)17-9-7-16(8-10-17)15-19-11-5-6-12-19/h7-10H,1-6,11-15H2. The molecule has 21 heavy (non-hydrogen) atoms. The van der Waals surface area contributed by atoms with Crippen LogP contribution in [0.3, 0.4) is 0 Å². The lowest BCUT2D eigenvalue weighted by molar-refractivity contribution is 0.0761. The average Bonchev–Trinajstić information content (AvgIpc) is 2.87. The molecule has 114 valence electrons. The van der Waals surface area contributed by atoms with Gasteiger partial charge in [-0.1, -0.05) is 25.0 Å². The van der Waals surface area contributed by atoms with Crippen LogP contribution in [-0.4, -0.2) is 41.9 Å². The van der Waals surface area contributed by atoms with Gasteiger partial charge in [-0.3, -0.25) is 9.69 Å². The molecular formula is C18H26N2O. The molecule has 3 rings (SSSR count). The Hall–Kier alpha value is -1.35. The molecule has 0 unspecified atom stereocenters. The van der Waals surface area contributed by atoms with E-state index in [4.69, 9.17) is 0 Å². The highest BCUT2D eigenvalue weighted by atomic mass is 16.2. The first-order valence-electron chi connectivity index (χ1n) is 8.43. The Morgan fingerprint density at radius 3 is 2.00 bits per heavy atom. The van der Waals surface area contributed by atoms with Gasteiger partial charge in [-0.25, -0.2) is 0 Å². The first-order valence-corrected chi connectivity index (χ1v) is 8.43. The lowest BCUT2D eigenvalue weighted by Crippen LogP contribution is -2.31. The van der Waals surface area contributed by atoms with Crippen molar-refractivity contribution in [2.24, 2.45) is 0 Å². The van der Waals surface area contributed by atoms with Crippen molar-refractivity contribution in [2.75, 3.05) is 26.2 Å². The molecule has 0 N–H and O–H groups in total. The number of amides is 1. The normalized spacial score (nSPS) is 20.5. The van der Waals surface area contributed by atoms with E-state index in [1.807, 2.05) is 17.0 Å². The second kappa shape index (κ2) is 7.08. The van der Waals surface area contributed by atoms with E-state index in [2.05, 4.69) is 17.0 Å². The van der Waals surface area contributed by atoms with Crippen LogP contribution in [0.5, 0.6) is 0 Å². The SMILES string of the molecule is O=C(c1ccc(CN2CCCC2)cc1)N1CCCCCC1. The summed E-state index contributed by atoms with van der Waals surface area (Å²) in [4.78, 5) is 17.0. The molecule has 0 spiro atoms. The van der Waals surface area contributed by atoms with Gasteiger partial charge in [0.25, 0.3) is 5.91 Å². The molecule has 2 fully saturated rings. The fourth-order valence-corrected chi connectivity index (χ4v) is 3.41. The molecule has 1 amide bonds.